The van der Waals surface area contributed by atoms with Crippen molar-refractivity contribution in [3.05, 3.63) is 44.9 Å². The smallest absolute Gasteiger partial charge is 0.376 e. The predicted molar refractivity (Wildman–Crippen MR) is 79.3 cm³/mol. The minimum atomic E-state index is -0.856. The van der Waals surface area contributed by atoms with Crippen molar-refractivity contribution in [3.8, 4) is 0 Å². The number of methoxy groups -OCH3 is 1. The molecule has 0 aromatic carbocycles. The lowest BCUT2D eigenvalue weighted by Gasteiger charge is -2.21. The van der Waals surface area contributed by atoms with E-state index < -0.39 is 22.3 Å². The average molecular weight is 308 g/mol. The van der Waals surface area contributed by atoms with Gasteiger partial charge in [0.25, 0.3) is 0 Å². The van der Waals surface area contributed by atoms with E-state index >= 15 is 0 Å². The van der Waals surface area contributed by atoms with Crippen LogP contribution in [-0.2, 0) is 4.74 Å². The Bertz CT molecular complexity index is 745. The van der Waals surface area contributed by atoms with Gasteiger partial charge in [0.15, 0.2) is 0 Å². The van der Waals surface area contributed by atoms with Gasteiger partial charge in [-0.2, -0.15) is 0 Å². The van der Waals surface area contributed by atoms with Crippen LogP contribution in [0.25, 0.3) is 5.65 Å². The fraction of sp³-hybridized carbons (Fsp3) is 0.385. The van der Waals surface area contributed by atoms with Crippen molar-refractivity contribution in [1.82, 2.24) is 9.38 Å². The molecule has 2 heterocycles. The molecule has 0 radical (unpaired) electrons. The van der Waals surface area contributed by atoms with Gasteiger partial charge < -0.3 is 14.7 Å². The first kappa shape index (κ1) is 15.9. The number of pyridine rings is 1. The third-order valence-corrected chi connectivity index (χ3v) is 3.08. The van der Waals surface area contributed by atoms with E-state index in [0.717, 1.165) is 4.40 Å². The minimum Gasteiger partial charge on any atom is -0.389 e. The van der Waals surface area contributed by atoms with Crippen LogP contribution in [0.2, 0.25) is 0 Å². The van der Waals surface area contributed by atoms with Crippen molar-refractivity contribution in [2.45, 2.75) is 6.10 Å². The number of ether oxygens (including phenoxy) is 1. The van der Waals surface area contributed by atoms with Gasteiger partial charge >= 0.3 is 11.2 Å². The maximum Gasteiger partial charge on any atom is 0.376 e. The van der Waals surface area contributed by atoms with E-state index in [-0.39, 0.29) is 19.0 Å². The van der Waals surface area contributed by atoms with Crippen molar-refractivity contribution in [1.29, 1.82) is 0 Å². The third kappa shape index (κ3) is 3.05. The molecule has 0 amide bonds. The molecule has 0 aliphatic heterocycles. The molecule has 0 fully saturated rings. The molecule has 2 rings (SSSR count). The maximum atomic E-state index is 12.3. The molecule has 1 unspecified atom stereocenters. The lowest BCUT2D eigenvalue weighted by molar-refractivity contribution is -0.385. The Hall–Kier alpha value is -2.52. The number of aliphatic hydroxyl groups is 1. The van der Waals surface area contributed by atoms with Gasteiger partial charge in [-0.1, -0.05) is 6.07 Å². The van der Waals surface area contributed by atoms with Crippen LogP contribution in [0.3, 0.4) is 0 Å². The zero-order valence-electron chi connectivity index (χ0n) is 12.2. The minimum absolute atomic E-state index is 0.0458. The summed E-state index contributed by atoms with van der Waals surface area (Å²) in [6, 6.07) is 4.84. The van der Waals surface area contributed by atoms with E-state index in [4.69, 9.17) is 4.74 Å². The predicted octanol–water partition coefficient (Wildman–Crippen LogP) is 0.0462. The topological polar surface area (TPSA) is 110 Å². The highest BCUT2D eigenvalue weighted by molar-refractivity contribution is 5.61. The SMILES string of the molecule is COCC(O)CN(C)c1nc2ccccn2c(=O)c1[N+](=O)[O-]. The molecule has 0 aliphatic carbocycles. The Morgan fingerprint density at radius 1 is 1.55 bits per heavy atom. The first-order chi connectivity index (χ1) is 10.5. The Morgan fingerprint density at radius 2 is 2.27 bits per heavy atom. The van der Waals surface area contributed by atoms with Crippen molar-refractivity contribution >= 4 is 17.2 Å². The molecular weight excluding hydrogens is 292 g/mol. The Morgan fingerprint density at radius 3 is 2.91 bits per heavy atom. The normalized spacial score (nSPS) is 12.3. The van der Waals surface area contributed by atoms with Crippen LogP contribution in [0, 0.1) is 10.1 Å². The number of rotatable bonds is 6. The van der Waals surface area contributed by atoms with E-state index in [1.165, 1.54) is 25.3 Å². The van der Waals surface area contributed by atoms with Gasteiger partial charge in [-0.25, -0.2) is 4.98 Å². The van der Waals surface area contributed by atoms with Gasteiger partial charge in [0.1, 0.15) is 5.65 Å². The molecule has 9 nitrogen and oxygen atoms in total. The van der Waals surface area contributed by atoms with E-state index in [9.17, 15) is 20.0 Å². The fourth-order valence-corrected chi connectivity index (χ4v) is 2.14. The number of hydrogen-bond acceptors (Lipinski definition) is 7. The van der Waals surface area contributed by atoms with Gasteiger partial charge in [-0.15, -0.1) is 0 Å². The van der Waals surface area contributed by atoms with Gasteiger partial charge in [-0.05, 0) is 12.1 Å². The van der Waals surface area contributed by atoms with Crippen LogP contribution in [0.1, 0.15) is 0 Å². The number of nitro groups is 1. The molecule has 0 spiro atoms. The Labute approximate surface area is 125 Å². The van der Waals surface area contributed by atoms with E-state index in [2.05, 4.69) is 4.98 Å². The molecule has 2 aromatic heterocycles. The quantitative estimate of drug-likeness (QED) is 0.593. The molecule has 1 N–H and O–H groups in total. The van der Waals surface area contributed by atoms with Crippen molar-refractivity contribution in [2.75, 3.05) is 32.2 Å². The second-order valence-corrected chi connectivity index (χ2v) is 4.76. The highest BCUT2D eigenvalue weighted by Gasteiger charge is 2.26. The summed E-state index contributed by atoms with van der Waals surface area (Å²) in [7, 11) is 2.96. The van der Waals surface area contributed by atoms with Gasteiger partial charge in [0, 0.05) is 26.9 Å². The standard InChI is InChI=1S/C13H16N4O5/c1-15(7-9(18)8-22-2)12-11(17(20)21)13(19)16-6-4-3-5-10(16)14-12/h3-6,9,18H,7-8H2,1-2H3. The largest absolute Gasteiger partial charge is 0.389 e. The average Bonchev–Trinajstić information content (AvgIpc) is 2.46. The van der Waals surface area contributed by atoms with Crippen LogP contribution in [0.15, 0.2) is 29.2 Å². The maximum absolute atomic E-state index is 12.3. The molecular formula is C13H16N4O5. The van der Waals surface area contributed by atoms with Crippen molar-refractivity contribution in [2.24, 2.45) is 0 Å². The molecule has 1 atom stereocenters. The number of hydrogen-bond donors (Lipinski definition) is 1. The second kappa shape index (κ2) is 6.50. The molecule has 118 valence electrons. The number of likely N-dealkylation sites (N-methyl/N-ethyl adjacent to an activating group) is 1. The van der Waals surface area contributed by atoms with Crippen LogP contribution in [0.4, 0.5) is 11.5 Å². The Kier molecular flexibility index (Phi) is 4.68. The fourth-order valence-electron chi connectivity index (χ4n) is 2.14. The summed E-state index contributed by atoms with van der Waals surface area (Å²) in [5.41, 5.74) is -1.10. The van der Waals surface area contributed by atoms with E-state index in [0.29, 0.717) is 5.65 Å². The molecule has 0 saturated carbocycles. The van der Waals surface area contributed by atoms with Crippen LogP contribution >= 0.6 is 0 Å². The first-order valence-electron chi connectivity index (χ1n) is 6.49. The summed E-state index contributed by atoms with van der Waals surface area (Å²) in [5, 5.41) is 21.0. The second-order valence-electron chi connectivity index (χ2n) is 4.76. The molecule has 0 saturated heterocycles. The van der Waals surface area contributed by atoms with Crippen LogP contribution in [-0.4, -0.2) is 52.8 Å². The Balaban J connectivity index is 2.54. The summed E-state index contributed by atoms with van der Waals surface area (Å²) in [6.45, 7) is 0.120. The third-order valence-electron chi connectivity index (χ3n) is 3.08. The lowest BCUT2D eigenvalue weighted by atomic mass is 10.3. The van der Waals surface area contributed by atoms with Gasteiger partial charge in [-0.3, -0.25) is 19.3 Å². The summed E-state index contributed by atoms with van der Waals surface area (Å²) in [6.07, 6.45) is 0.562. The number of aliphatic hydroxyl groups excluding tert-OH is 1. The zero-order valence-corrected chi connectivity index (χ0v) is 12.2. The van der Waals surface area contributed by atoms with E-state index in [1.807, 2.05) is 0 Å². The summed E-state index contributed by atoms with van der Waals surface area (Å²) >= 11 is 0. The van der Waals surface area contributed by atoms with E-state index in [1.54, 1.807) is 18.2 Å². The van der Waals surface area contributed by atoms with Gasteiger partial charge in [0.2, 0.25) is 5.82 Å². The van der Waals surface area contributed by atoms with Gasteiger partial charge in [0.05, 0.1) is 17.6 Å². The number of nitrogens with zero attached hydrogens (tertiary/aromatic N) is 4. The van der Waals surface area contributed by atoms with Crippen LogP contribution < -0.4 is 10.5 Å². The molecule has 0 bridgehead atoms. The summed E-state index contributed by atoms with van der Waals surface area (Å²) in [5.74, 6) is -0.0867. The first-order valence-corrected chi connectivity index (χ1v) is 6.49. The van der Waals surface area contributed by atoms with Crippen molar-refractivity contribution < 1.29 is 14.8 Å². The lowest BCUT2D eigenvalue weighted by Crippen LogP contribution is -2.34. The summed E-state index contributed by atoms with van der Waals surface area (Å²) in [4.78, 5) is 28.3. The number of fused-ring (bicyclic) bond motifs is 1. The highest BCUT2D eigenvalue weighted by Crippen LogP contribution is 2.21. The molecule has 9 heteroatoms. The molecule has 0 aliphatic rings. The molecule has 2 aromatic rings. The summed E-state index contributed by atoms with van der Waals surface area (Å²) < 4.78 is 5.93. The molecule has 22 heavy (non-hydrogen) atoms. The monoisotopic (exact) mass is 308 g/mol. The number of aromatic nitrogens is 2. The zero-order chi connectivity index (χ0) is 16.3. The highest BCUT2D eigenvalue weighted by atomic mass is 16.6. The van der Waals surface area contributed by atoms with Crippen LogP contribution in [0.5, 0.6) is 0 Å². The number of anilines is 1. The van der Waals surface area contributed by atoms with Crippen molar-refractivity contribution in [3.63, 3.8) is 0 Å².